The Bertz CT molecular complexity index is 276. The molecule has 1 aromatic heterocycles. The Labute approximate surface area is 75.0 Å². The molecule has 1 saturated carbocycles. The molecule has 0 amide bonds. The van der Waals surface area contributed by atoms with Gasteiger partial charge in [0.15, 0.2) is 0 Å². The van der Waals surface area contributed by atoms with Gasteiger partial charge < -0.3 is 5.32 Å². The lowest BCUT2D eigenvalue weighted by Gasteiger charge is -2.03. The maximum atomic E-state index is 12.1. The van der Waals surface area contributed by atoms with Crippen LogP contribution in [0.4, 0.5) is 14.5 Å². The molecule has 2 nitrogen and oxygen atoms in total. The van der Waals surface area contributed by atoms with Gasteiger partial charge in [0.25, 0.3) is 0 Å². The molecule has 4 heteroatoms. The minimum atomic E-state index is -2.20. The van der Waals surface area contributed by atoms with Crippen LogP contribution in [-0.2, 0) is 0 Å². The highest BCUT2D eigenvalue weighted by Gasteiger charge is 2.44. The topological polar surface area (TPSA) is 24.9 Å². The van der Waals surface area contributed by atoms with E-state index in [2.05, 4.69) is 10.3 Å². The van der Waals surface area contributed by atoms with E-state index in [1.807, 2.05) is 0 Å². The fourth-order valence-electron chi connectivity index (χ4n) is 1.32. The van der Waals surface area contributed by atoms with E-state index >= 15 is 0 Å². The van der Waals surface area contributed by atoms with Crippen LogP contribution in [0.1, 0.15) is 6.42 Å². The van der Waals surface area contributed by atoms with E-state index in [0.717, 1.165) is 5.69 Å². The average Bonchev–Trinajstić information content (AvgIpc) is 2.86. The van der Waals surface area contributed by atoms with Crippen LogP contribution >= 0.6 is 0 Å². The van der Waals surface area contributed by atoms with Crippen molar-refractivity contribution in [1.29, 1.82) is 0 Å². The van der Waals surface area contributed by atoms with Crippen LogP contribution in [0.2, 0.25) is 0 Å². The van der Waals surface area contributed by atoms with Crippen molar-refractivity contribution >= 4 is 5.69 Å². The van der Waals surface area contributed by atoms with Crippen molar-refractivity contribution in [3.8, 4) is 0 Å². The van der Waals surface area contributed by atoms with Crippen molar-refractivity contribution in [1.82, 2.24) is 4.98 Å². The fourth-order valence-corrected chi connectivity index (χ4v) is 1.32. The van der Waals surface area contributed by atoms with Gasteiger partial charge >= 0.3 is 0 Å². The summed E-state index contributed by atoms with van der Waals surface area (Å²) in [4.78, 5) is 3.84. The largest absolute Gasteiger partial charge is 0.382 e. The van der Waals surface area contributed by atoms with Gasteiger partial charge in [0, 0.05) is 30.0 Å². The van der Waals surface area contributed by atoms with Crippen molar-refractivity contribution in [3.05, 3.63) is 24.5 Å². The molecule has 0 radical (unpaired) electrons. The lowest BCUT2D eigenvalue weighted by Crippen LogP contribution is -2.08. The normalized spacial score (nSPS) is 26.1. The van der Waals surface area contributed by atoms with Crippen LogP contribution in [0.3, 0.4) is 0 Å². The van der Waals surface area contributed by atoms with Gasteiger partial charge in [-0.1, -0.05) is 0 Å². The first-order valence-corrected chi connectivity index (χ1v) is 4.22. The third-order valence-corrected chi connectivity index (χ3v) is 2.20. The molecular formula is C9H10F2N2. The van der Waals surface area contributed by atoms with Gasteiger partial charge in [-0.05, 0) is 18.6 Å². The van der Waals surface area contributed by atoms with Crippen molar-refractivity contribution in [2.45, 2.75) is 18.9 Å². The molecule has 13 heavy (non-hydrogen) atoms. The molecular weight excluding hydrogens is 174 g/mol. The summed E-state index contributed by atoms with van der Waals surface area (Å²) in [6.07, 6.45) is 1.66. The van der Waals surface area contributed by atoms with E-state index in [9.17, 15) is 8.78 Å². The van der Waals surface area contributed by atoms with Gasteiger partial charge in [-0.2, -0.15) is 0 Å². The molecule has 2 atom stereocenters. The molecule has 0 spiro atoms. The van der Waals surface area contributed by atoms with E-state index in [-0.39, 0.29) is 6.04 Å². The molecule has 1 heterocycles. The Morgan fingerprint density at radius 2 is 2.08 bits per heavy atom. The van der Waals surface area contributed by atoms with Crippen LogP contribution in [0, 0.1) is 5.92 Å². The number of alkyl halides is 2. The molecule has 2 rings (SSSR count). The third kappa shape index (κ3) is 1.94. The van der Waals surface area contributed by atoms with E-state index in [4.69, 9.17) is 0 Å². The van der Waals surface area contributed by atoms with E-state index in [1.54, 1.807) is 24.5 Å². The standard InChI is InChI=1S/C9H10F2N2/c10-9(11)7-5-8(7)13-6-1-3-12-4-2-6/h1-4,7-9H,5H2,(H,12,13)/t7-,8-/m0/s1. The molecule has 0 unspecified atom stereocenters. The first-order chi connectivity index (χ1) is 6.27. The van der Waals surface area contributed by atoms with Crippen molar-refractivity contribution in [2.75, 3.05) is 5.32 Å². The summed E-state index contributed by atoms with van der Waals surface area (Å²) in [7, 11) is 0. The summed E-state index contributed by atoms with van der Waals surface area (Å²) >= 11 is 0. The zero-order chi connectivity index (χ0) is 9.26. The number of hydrogen-bond donors (Lipinski definition) is 1. The molecule has 0 aromatic carbocycles. The zero-order valence-corrected chi connectivity index (χ0v) is 6.95. The van der Waals surface area contributed by atoms with Gasteiger partial charge in [0.2, 0.25) is 6.43 Å². The van der Waals surface area contributed by atoms with Crippen LogP contribution in [0.15, 0.2) is 24.5 Å². The smallest absolute Gasteiger partial charge is 0.243 e. The number of aromatic nitrogens is 1. The molecule has 0 bridgehead atoms. The highest BCUT2D eigenvalue weighted by molar-refractivity contribution is 5.43. The third-order valence-electron chi connectivity index (χ3n) is 2.20. The number of anilines is 1. The van der Waals surface area contributed by atoms with Gasteiger partial charge in [-0.15, -0.1) is 0 Å². The van der Waals surface area contributed by atoms with Crippen LogP contribution < -0.4 is 5.32 Å². The Morgan fingerprint density at radius 1 is 1.38 bits per heavy atom. The quantitative estimate of drug-likeness (QED) is 0.778. The van der Waals surface area contributed by atoms with Gasteiger partial charge in [0.1, 0.15) is 0 Å². The average molecular weight is 184 g/mol. The maximum absolute atomic E-state index is 12.1. The molecule has 1 aliphatic rings. The van der Waals surface area contributed by atoms with Crippen molar-refractivity contribution < 1.29 is 8.78 Å². The lowest BCUT2D eigenvalue weighted by atomic mass is 10.4. The monoisotopic (exact) mass is 184 g/mol. The number of pyridine rings is 1. The van der Waals surface area contributed by atoms with E-state index in [1.165, 1.54) is 0 Å². The highest BCUT2D eigenvalue weighted by Crippen LogP contribution is 2.38. The number of nitrogens with one attached hydrogen (secondary N) is 1. The SMILES string of the molecule is FC(F)[C@H]1C[C@@H]1Nc1ccncc1. The van der Waals surface area contributed by atoms with E-state index in [0.29, 0.717) is 6.42 Å². The molecule has 1 aliphatic carbocycles. The van der Waals surface area contributed by atoms with Crippen molar-refractivity contribution in [3.63, 3.8) is 0 Å². The summed E-state index contributed by atoms with van der Waals surface area (Å²) in [5.74, 6) is -0.465. The predicted octanol–water partition coefficient (Wildman–Crippen LogP) is 2.15. The minimum absolute atomic E-state index is 0.0533. The summed E-state index contributed by atoms with van der Waals surface area (Å²) in [5.41, 5.74) is 0.864. The summed E-state index contributed by atoms with van der Waals surface area (Å²) in [6, 6.07) is 3.50. The molecule has 1 N–H and O–H groups in total. The second-order valence-corrected chi connectivity index (χ2v) is 3.22. The Hall–Kier alpha value is -1.19. The number of rotatable bonds is 3. The summed E-state index contributed by atoms with van der Waals surface area (Å²) in [6.45, 7) is 0. The highest BCUT2D eigenvalue weighted by atomic mass is 19.3. The number of nitrogens with zero attached hydrogens (tertiary/aromatic N) is 1. The Kier molecular flexibility index (Phi) is 2.12. The molecule has 0 aliphatic heterocycles. The molecule has 1 fully saturated rings. The maximum Gasteiger partial charge on any atom is 0.243 e. The molecule has 1 aromatic rings. The Balaban J connectivity index is 1.88. The Morgan fingerprint density at radius 3 is 2.62 bits per heavy atom. The van der Waals surface area contributed by atoms with Crippen LogP contribution in [-0.4, -0.2) is 17.5 Å². The summed E-state index contributed by atoms with van der Waals surface area (Å²) < 4.78 is 24.2. The zero-order valence-electron chi connectivity index (χ0n) is 6.95. The van der Waals surface area contributed by atoms with Crippen molar-refractivity contribution in [2.24, 2.45) is 5.92 Å². The van der Waals surface area contributed by atoms with Gasteiger partial charge in [-0.25, -0.2) is 8.78 Å². The number of hydrogen-bond acceptors (Lipinski definition) is 2. The number of halogens is 2. The van der Waals surface area contributed by atoms with E-state index < -0.39 is 12.3 Å². The first kappa shape index (κ1) is 8.41. The second kappa shape index (κ2) is 3.28. The van der Waals surface area contributed by atoms with Crippen LogP contribution in [0.25, 0.3) is 0 Å². The van der Waals surface area contributed by atoms with Crippen LogP contribution in [0.5, 0.6) is 0 Å². The molecule has 0 saturated heterocycles. The second-order valence-electron chi connectivity index (χ2n) is 3.22. The minimum Gasteiger partial charge on any atom is -0.382 e. The van der Waals surface area contributed by atoms with Gasteiger partial charge in [-0.3, -0.25) is 4.98 Å². The lowest BCUT2D eigenvalue weighted by molar-refractivity contribution is 0.121. The fraction of sp³-hybridized carbons (Fsp3) is 0.444. The first-order valence-electron chi connectivity index (χ1n) is 4.22. The summed E-state index contributed by atoms with van der Waals surface area (Å²) in [5, 5.41) is 3.03. The molecule has 70 valence electrons. The van der Waals surface area contributed by atoms with Gasteiger partial charge in [0.05, 0.1) is 0 Å². The predicted molar refractivity (Wildman–Crippen MR) is 45.8 cm³/mol.